The Hall–Kier alpha value is -0.910. The molecule has 0 fully saturated rings. The van der Waals surface area contributed by atoms with Crippen molar-refractivity contribution in [3.05, 3.63) is 49.9 Å². The summed E-state index contributed by atoms with van der Waals surface area (Å²) in [6.07, 6.45) is 0. The molecule has 20 heavy (non-hydrogen) atoms. The smallest absolute Gasteiger partial charge is 0.165 e. The summed E-state index contributed by atoms with van der Waals surface area (Å²) >= 11 is 5.28. The molecule has 2 rings (SSSR count). The van der Waals surface area contributed by atoms with E-state index in [1.54, 1.807) is 23.5 Å². The van der Waals surface area contributed by atoms with Crippen LogP contribution in [0.15, 0.2) is 28.7 Å². The summed E-state index contributed by atoms with van der Waals surface area (Å²) in [7, 11) is 1.48. The van der Waals surface area contributed by atoms with Gasteiger partial charge in [-0.05, 0) is 53.2 Å². The minimum atomic E-state index is -0.338. The van der Waals surface area contributed by atoms with E-state index in [4.69, 9.17) is 4.74 Å². The Kier molecular flexibility index (Phi) is 5.18. The molecule has 1 N–H and O–H groups in total. The van der Waals surface area contributed by atoms with E-state index in [1.165, 1.54) is 22.9 Å². The van der Waals surface area contributed by atoms with E-state index < -0.39 is 0 Å². The van der Waals surface area contributed by atoms with E-state index in [0.717, 1.165) is 16.6 Å². The average molecular weight is 358 g/mol. The molecule has 0 saturated heterocycles. The van der Waals surface area contributed by atoms with Crippen LogP contribution < -0.4 is 10.1 Å². The number of aryl methyl sites for hydroxylation is 1. The van der Waals surface area contributed by atoms with E-state index in [0.29, 0.717) is 0 Å². The second-order valence-electron chi connectivity index (χ2n) is 4.44. The van der Waals surface area contributed by atoms with Gasteiger partial charge in [0.25, 0.3) is 0 Å². The summed E-state index contributed by atoms with van der Waals surface area (Å²) in [5.41, 5.74) is 0.999. The molecule has 0 aliphatic rings. The molecular weight excluding hydrogens is 341 g/mol. The summed E-state index contributed by atoms with van der Waals surface area (Å²) in [4.78, 5) is 2.43. The average Bonchev–Trinajstić information content (AvgIpc) is 2.76. The van der Waals surface area contributed by atoms with E-state index in [-0.39, 0.29) is 17.6 Å². The van der Waals surface area contributed by atoms with Gasteiger partial charge in [-0.1, -0.05) is 13.0 Å². The zero-order valence-corrected chi connectivity index (χ0v) is 14.1. The molecular formula is C15H17BrFNOS. The Morgan fingerprint density at radius 1 is 1.40 bits per heavy atom. The number of benzene rings is 1. The van der Waals surface area contributed by atoms with Gasteiger partial charge in [0, 0.05) is 14.2 Å². The quantitative estimate of drug-likeness (QED) is 0.839. The third-order valence-corrected chi connectivity index (χ3v) is 5.28. The maximum atomic E-state index is 13.5. The summed E-state index contributed by atoms with van der Waals surface area (Å²) in [5, 5.41) is 3.44. The lowest BCUT2D eigenvalue weighted by atomic mass is 10.0. The molecule has 1 aromatic carbocycles. The fourth-order valence-electron chi connectivity index (χ4n) is 2.07. The van der Waals surface area contributed by atoms with Crippen molar-refractivity contribution < 1.29 is 9.13 Å². The Morgan fingerprint density at radius 2 is 2.15 bits per heavy atom. The zero-order valence-electron chi connectivity index (χ0n) is 11.7. The van der Waals surface area contributed by atoms with Crippen molar-refractivity contribution in [1.29, 1.82) is 0 Å². The van der Waals surface area contributed by atoms with Crippen molar-refractivity contribution in [2.45, 2.75) is 19.9 Å². The van der Waals surface area contributed by atoms with Crippen LogP contribution in [0.2, 0.25) is 0 Å². The van der Waals surface area contributed by atoms with Crippen molar-refractivity contribution in [2.24, 2.45) is 0 Å². The molecule has 2 nitrogen and oxygen atoms in total. The van der Waals surface area contributed by atoms with Crippen molar-refractivity contribution in [1.82, 2.24) is 5.32 Å². The Bertz CT molecular complexity index is 580. The lowest BCUT2D eigenvalue weighted by Gasteiger charge is -2.18. The minimum Gasteiger partial charge on any atom is -0.494 e. The third-order valence-electron chi connectivity index (χ3n) is 3.08. The number of ether oxygens (including phenoxy) is 1. The molecule has 0 aliphatic carbocycles. The van der Waals surface area contributed by atoms with E-state index in [2.05, 4.69) is 41.2 Å². The van der Waals surface area contributed by atoms with Crippen LogP contribution in [0, 0.1) is 12.7 Å². The van der Waals surface area contributed by atoms with Crippen molar-refractivity contribution in [3.8, 4) is 5.75 Å². The highest BCUT2D eigenvalue weighted by atomic mass is 79.9. The van der Waals surface area contributed by atoms with E-state index in [1.807, 2.05) is 0 Å². The second kappa shape index (κ2) is 6.70. The van der Waals surface area contributed by atoms with Gasteiger partial charge in [0.1, 0.15) is 0 Å². The molecule has 0 aliphatic heterocycles. The molecule has 2 aromatic rings. The van der Waals surface area contributed by atoms with Crippen molar-refractivity contribution >= 4 is 27.3 Å². The van der Waals surface area contributed by atoms with Gasteiger partial charge in [-0.15, -0.1) is 11.3 Å². The molecule has 0 saturated carbocycles. The zero-order chi connectivity index (χ0) is 14.7. The fourth-order valence-corrected chi connectivity index (χ4v) is 3.73. The van der Waals surface area contributed by atoms with E-state index in [9.17, 15) is 4.39 Å². The lowest BCUT2D eigenvalue weighted by Crippen LogP contribution is -2.21. The maximum Gasteiger partial charge on any atom is 0.165 e. The summed E-state index contributed by atoms with van der Waals surface area (Å²) in [6.45, 7) is 4.97. The molecule has 5 heteroatoms. The molecule has 0 spiro atoms. The Morgan fingerprint density at radius 3 is 2.70 bits per heavy atom. The normalized spacial score (nSPS) is 12.4. The molecule has 1 aromatic heterocycles. The predicted octanol–water partition coefficient (Wildman–Crippen LogP) is 4.67. The minimum absolute atomic E-state index is 0.0458. The van der Waals surface area contributed by atoms with Gasteiger partial charge in [-0.25, -0.2) is 4.39 Å². The SMILES string of the molecule is CCNC(c1ccc(F)c(OC)c1)c1cc(Br)c(C)s1. The van der Waals surface area contributed by atoms with Crippen molar-refractivity contribution in [2.75, 3.05) is 13.7 Å². The van der Waals surface area contributed by atoms with Crippen LogP contribution in [0.5, 0.6) is 5.75 Å². The lowest BCUT2D eigenvalue weighted by molar-refractivity contribution is 0.385. The Labute approximate surface area is 131 Å². The van der Waals surface area contributed by atoms with Gasteiger partial charge in [0.2, 0.25) is 0 Å². The number of nitrogens with one attached hydrogen (secondary N) is 1. The highest BCUT2D eigenvalue weighted by Gasteiger charge is 2.18. The van der Waals surface area contributed by atoms with E-state index >= 15 is 0 Å². The van der Waals surface area contributed by atoms with Crippen LogP contribution in [0.1, 0.15) is 28.3 Å². The number of hydrogen-bond acceptors (Lipinski definition) is 3. The number of methoxy groups -OCH3 is 1. The number of rotatable bonds is 5. The molecule has 1 heterocycles. The largest absolute Gasteiger partial charge is 0.494 e. The second-order valence-corrected chi connectivity index (χ2v) is 6.58. The topological polar surface area (TPSA) is 21.3 Å². The number of hydrogen-bond donors (Lipinski definition) is 1. The number of halogens is 2. The van der Waals surface area contributed by atoms with Crippen molar-refractivity contribution in [3.63, 3.8) is 0 Å². The van der Waals surface area contributed by atoms with Gasteiger partial charge < -0.3 is 10.1 Å². The van der Waals surface area contributed by atoms with Gasteiger partial charge in [-0.3, -0.25) is 0 Å². The molecule has 0 radical (unpaired) electrons. The first-order valence-electron chi connectivity index (χ1n) is 6.39. The molecule has 1 atom stereocenters. The van der Waals surface area contributed by atoms with Gasteiger partial charge in [0.05, 0.1) is 13.2 Å². The van der Waals surface area contributed by atoms with Crippen LogP contribution in [-0.4, -0.2) is 13.7 Å². The first kappa shape index (κ1) is 15.5. The highest BCUT2D eigenvalue weighted by molar-refractivity contribution is 9.10. The fraction of sp³-hybridized carbons (Fsp3) is 0.333. The first-order valence-corrected chi connectivity index (χ1v) is 8.00. The summed E-state index contributed by atoms with van der Waals surface area (Å²) < 4.78 is 19.7. The van der Waals surface area contributed by atoms with Gasteiger partial charge in [-0.2, -0.15) is 0 Å². The standard InChI is InChI=1S/C15H17BrFNOS/c1-4-18-15(14-8-11(16)9(2)20-14)10-5-6-12(17)13(7-10)19-3/h5-8,15,18H,4H2,1-3H3. The van der Waals surface area contributed by atoms with Gasteiger partial charge in [0.15, 0.2) is 11.6 Å². The molecule has 1 unspecified atom stereocenters. The third kappa shape index (κ3) is 3.22. The summed E-state index contributed by atoms with van der Waals surface area (Å²) in [6, 6.07) is 7.17. The van der Waals surface area contributed by atoms with Crippen LogP contribution >= 0.6 is 27.3 Å². The molecule has 0 amide bonds. The van der Waals surface area contributed by atoms with Crippen LogP contribution in [0.4, 0.5) is 4.39 Å². The van der Waals surface area contributed by atoms with Crippen LogP contribution in [0.3, 0.4) is 0 Å². The Balaban J connectivity index is 2.42. The van der Waals surface area contributed by atoms with Crippen LogP contribution in [0.25, 0.3) is 0 Å². The highest BCUT2D eigenvalue weighted by Crippen LogP contribution is 2.35. The molecule has 0 bridgehead atoms. The van der Waals surface area contributed by atoms with Gasteiger partial charge >= 0.3 is 0 Å². The maximum absolute atomic E-state index is 13.5. The summed E-state index contributed by atoms with van der Waals surface area (Å²) in [5.74, 6) is -0.0622. The molecule has 108 valence electrons. The predicted molar refractivity (Wildman–Crippen MR) is 85.2 cm³/mol. The van der Waals surface area contributed by atoms with Crippen LogP contribution in [-0.2, 0) is 0 Å². The number of thiophene rings is 1. The monoisotopic (exact) mass is 357 g/mol. The first-order chi connectivity index (χ1) is 9.56.